The van der Waals surface area contributed by atoms with E-state index in [0.717, 1.165) is 25.8 Å². The topological polar surface area (TPSA) is 38.3 Å². The Morgan fingerprint density at radius 2 is 1.82 bits per heavy atom. The summed E-state index contributed by atoms with van der Waals surface area (Å²) in [6.07, 6.45) is 0. The number of halogens is 1. The number of hydrogen-bond acceptors (Lipinski definition) is 2. The zero-order valence-corrected chi connectivity index (χ0v) is 15.0. The SMILES string of the molecule is CCOCc1ccc(CNC(=O)c2cccc(C)c2I)cc1. The monoisotopic (exact) mass is 409 g/mol. The number of carbonyl (C=O) groups excluding carboxylic acids is 1. The molecule has 0 fully saturated rings. The smallest absolute Gasteiger partial charge is 0.252 e. The van der Waals surface area contributed by atoms with E-state index in [1.54, 1.807) is 0 Å². The second-order valence-electron chi connectivity index (χ2n) is 5.07. The summed E-state index contributed by atoms with van der Waals surface area (Å²) in [6.45, 7) is 5.86. The van der Waals surface area contributed by atoms with Crippen LogP contribution in [0.15, 0.2) is 42.5 Å². The van der Waals surface area contributed by atoms with Gasteiger partial charge in [0.2, 0.25) is 0 Å². The third-order valence-corrected chi connectivity index (χ3v) is 4.82. The Kier molecular flexibility index (Phi) is 6.39. The lowest BCUT2D eigenvalue weighted by atomic mass is 10.1. The Bertz CT molecular complexity index is 638. The van der Waals surface area contributed by atoms with Gasteiger partial charge in [0.05, 0.1) is 12.2 Å². The molecule has 0 saturated heterocycles. The molecule has 0 heterocycles. The molecule has 22 heavy (non-hydrogen) atoms. The van der Waals surface area contributed by atoms with Crippen molar-refractivity contribution in [3.63, 3.8) is 0 Å². The molecule has 0 aliphatic carbocycles. The highest BCUT2D eigenvalue weighted by Gasteiger charge is 2.10. The fourth-order valence-electron chi connectivity index (χ4n) is 2.07. The summed E-state index contributed by atoms with van der Waals surface area (Å²) in [5.41, 5.74) is 4.07. The number of carbonyl (C=O) groups is 1. The largest absolute Gasteiger partial charge is 0.377 e. The first-order valence-corrected chi connectivity index (χ1v) is 8.38. The van der Waals surface area contributed by atoms with Crippen LogP contribution in [0.5, 0.6) is 0 Å². The minimum atomic E-state index is -0.0357. The van der Waals surface area contributed by atoms with Crippen molar-refractivity contribution in [2.45, 2.75) is 27.0 Å². The van der Waals surface area contributed by atoms with Gasteiger partial charge in [0.15, 0.2) is 0 Å². The van der Waals surface area contributed by atoms with Gasteiger partial charge in [0.25, 0.3) is 5.91 Å². The third-order valence-electron chi connectivity index (χ3n) is 3.39. The molecular formula is C18H20INO2. The van der Waals surface area contributed by atoms with Crippen molar-refractivity contribution >= 4 is 28.5 Å². The first-order chi connectivity index (χ1) is 10.6. The van der Waals surface area contributed by atoms with E-state index in [1.165, 1.54) is 0 Å². The molecule has 0 aliphatic rings. The van der Waals surface area contributed by atoms with E-state index in [0.29, 0.717) is 19.8 Å². The number of nitrogens with one attached hydrogen (secondary N) is 1. The number of rotatable bonds is 6. The zero-order chi connectivity index (χ0) is 15.9. The van der Waals surface area contributed by atoms with Crippen molar-refractivity contribution in [2.75, 3.05) is 6.61 Å². The van der Waals surface area contributed by atoms with Crippen LogP contribution >= 0.6 is 22.6 Å². The highest BCUT2D eigenvalue weighted by Crippen LogP contribution is 2.16. The van der Waals surface area contributed by atoms with E-state index in [1.807, 2.05) is 56.3 Å². The molecular weight excluding hydrogens is 389 g/mol. The quantitative estimate of drug-likeness (QED) is 0.731. The van der Waals surface area contributed by atoms with Crippen LogP contribution < -0.4 is 5.32 Å². The fourth-order valence-corrected chi connectivity index (χ4v) is 2.68. The lowest BCUT2D eigenvalue weighted by Crippen LogP contribution is -2.23. The van der Waals surface area contributed by atoms with E-state index >= 15 is 0 Å². The predicted molar refractivity (Wildman–Crippen MR) is 96.8 cm³/mol. The van der Waals surface area contributed by atoms with Gasteiger partial charge in [-0.1, -0.05) is 36.4 Å². The third kappa shape index (κ3) is 4.55. The molecule has 0 unspecified atom stereocenters. The summed E-state index contributed by atoms with van der Waals surface area (Å²) < 4.78 is 6.37. The van der Waals surface area contributed by atoms with Gasteiger partial charge in [-0.05, 0) is 59.2 Å². The molecule has 2 aromatic rings. The second-order valence-corrected chi connectivity index (χ2v) is 6.15. The number of aryl methyl sites for hydroxylation is 1. The number of hydrogen-bond donors (Lipinski definition) is 1. The molecule has 1 amide bonds. The maximum absolute atomic E-state index is 12.3. The van der Waals surface area contributed by atoms with Crippen LogP contribution in [0.2, 0.25) is 0 Å². The van der Waals surface area contributed by atoms with Gasteiger partial charge in [0.1, 0.15) is 0 Å². The molecule has 3 nitrogen and oxygen atoms in total. The molecule has 116 valence electrons. The van der Waals surface area contributed by atoms with Crippen molar-refractivity contribution in [1.82, 2.24) is 5.32 Å². The van der Waals surface area contributed by atoms with Gasteiger partial charge >= 0.3 is 0 Å². The van der Waals surface area contributed by atoms with Crippen LogP contribution in [0.25, 0.3) is 0 Å². The van der Waals surface area contributed by atoms with E-state index < -0.39 is 0 Å². The van der Waals surface area contributed by atoms with Gasteiger partial charge in [-0.15, -0.1) is 0 Å². The van der Waals surface area contributed by atoms with Gasteiger partial charge in [-0.2, -0.15) is 0 Å². The lowest BCUT2D eigenvalue weighted by Gasteiger charge is -2.09. The summed E-state index contributed by atoms with van der Waals surface area (Å²) >= 11 is 2.22. The van der Waals surface area contributed by atoms with Crippen LogP contribution in [0.3, 0.4) is 0 Å². The highest BCUT2D eigenvalue weighted by molar-refractivity contribution is 14.1. The summed E-state index contributed by atoms with van der Waals surface area (Å²) in [5, 5.41) is 2.97. The summed E-state index contributed by atoms with van der Waals surface area (Å²) in [6, 6.07) is 13.9. The number of benzene rings is 2. The molecule has 1 N–H and O–H groups in total. The summed E-state index contributed by atoms with van der Waals surface area (Å²) in [7, 11) is 0. The molecule has 0 aromatic heterocycles. The van der Waals surface area contributed by atoms with Crippen molar-refractivity contribution in [3.05, 3.63) is 68.3 Å². The van der Waals surface area contributed by atoms with Gasteiger partial charge in [0, 0.05) is 16.7 Å². The molecule has 0 spiro atoms. The molecule has 2 aromatic carbocycles. The van der Waals surface area contributed by atoms with Crippen LogP contribution in [0, 0.1) is 10.5 Å². The van der Waals surface area contributed by atoms with Gasteiger partial charge < -0.3 is 10.1 Å². The van der Waals surface area contributed by atoms with E-state index in [4.69, 9.17) is 4.74 Å². The number of ether oxygens (including phenoxy) is 1. The predicted octanol–water partition coefficient (Wildman–Crippen LogP) is 4.07. The van der Waals surface area contributed by atoms with Crippen molar-refractivity contribution < 1.29 is 9.53 Å². The van der Waals surface area contributed by atoms with Crippen molar-refractivity contribution in [3.8, 4) is 0 Å². The minimum Gasteiger partial charge on any atom is -0.377 e. The van der Waals surface area contributed by atoms with Crippen molar-refractivity contribution in [1.29, 1.82) is 0 Å². The van der Waals surface area contributed by atoms with E-state index in [9.17, 15) is 4.79 Å². The molecule has 0 bridgehead atoms. The average Bonchev–Trinajstić information content (AvgIpc) is 2.54. The Hall–Kier alpha value is -1.40. The first kappa shape index (κ1) is 17.0. The van der Waals surface area contributed by atoms with E-state index in [2.05, 4.69) is 27.9 Å². The standard InChI is InChI=1S/C18H20INO2/c1-3-22-12-15-9-7-14(8-10-15)11-20-18(21)16-6-4-5-13(2)17(16)19/h4-10H,3,11-12H2,1-2H3,(H,20,21). The van der Waals surface area contributed by atoms with Crippen LogP contribution in [-0.2, 0) is 17.9 Å². The minimum absolute atomic E-state index is 0.0357. The molecule has 0 atom stereocenters. The number of amides is 1. The summed E-state index contributed by atoms with van der Waals surface area (Å²) in [5.74, 6) is -0.0357. The fraction of sp³-hybridized carbons (Fsp3) is 0.278. The van der Waals surface area contributed by atoms with Gasteiger partial charge in [-0.3, -0.25) is 4.79 Å². The highest BCUT2D eigenvalue weighted by atomic mass is 127. The molecule has 0 aliphatic heterocycles. The molecule has 0 radical (unpaired) electrons. The second kappa shape index (κ2) is 8.29. The Morgan fingerprint density at radius 1 is 1.14 bits per heavy atom. The van der Waals surface area contributed by atoms with Crippen LogP contribution in [0.4, 0.5) is 0 Å². The Morgan fingerprint density at radius 3 is 2.50 bits per heavy atom. The summed E-state index contributed by atoms with van der Waals surface area (Å²) in [4.78, 5) is 12.3. The normalized spacial score (nSPS) is 10.5. The molecule has 0 saturated carbocycles. The van der Waals surface area contributed by atoms with Gasteiger partial charge in [-0.25, -0.2) is 0 Å². The van der Waals surface area contributed by atoms with Crippen LogP contribution in [-0.4, -0.2) is 12.5 Å². The first-order valence-electron chi connectivity index (χ1n) is 7.30. The van der Waals surface area contributed by atoms with Crippen molar-refractivity contribution in [2.24, 2.45) is 0 Å². The van der Waals surface area contributed by atoms with Crippen LogP contribution in [0.1, 0.15) is 34.0 Å². The molecule has 4 heteroatoms. The lowest BCUT2D eigenvalue weighted by molar-refractivity contribution is 0.0950. The molecule has 2 rings (SSSR count). The average molecular weight is 409 g/mol. The maximum Gasteiger partial charge on any atom is 0.252 e. The zero-order valence-electron chi connectivity index (χ0n) is 12.9. The Labute approximate surface area is 145 Å². The maximum atomic E-state index is 12.3. The Balaban J connectivity index is 1.95. The van der Waals surface area contributed by atoms with E-state index in [-0.39, 0.29) is 5.91 Å².